The first kappa shape index (κ1) is 15.4. The number of ether oxygens (including phenoxy) is 1. The zero-order valence-electron chi connectivity index (χ0n) is 12.0. The Morgan fingerprint density at radius 1 is 0.905 bits per heavy atom. The van der Waals surface area contributed by atoms with Crippen molar-refractivity contribution < 1.29 is 30.0 Å². The first-order valence-corrected chi connectivity index (χ1v) is 7.88. The van der Waals surface area contributed by atoms with Gasteiger partial charge in [-0.25, -0.2) is 0 Å². The van der Waals surface area contributed by atoms with Gasteiger partial charge in [-0.3, -0.25) is 4.79 Å². The van der Waals surface area contributed by atoms with Crippen LogP contribution in [-0.2, 0) is 9.53 Å². The SMILES string of the molecule is O=C1C2CC(O)C(O)CC2OC(O)C1C1CCC(O)CC1. The van der Waals surface area contributed by atoms with Crippen molar-refractivity contribution in [2.75, 3.05) is 0 Å². The number of hydrogen-bond acceptors (Lipinski definition) is 6. The Labute approximate surface area is 123 Å². The fourth-order valence-electron chi connectivity index (χ4n) is 4.16. The molecule has 6 atom stereocenters. The van der Waals surface area contributed by atoms with Crippen LogP contribution in [0.15, 0.2) is 0 Å². The molecule has 3 aliphatic rings. The van der Waals surface area contributed by atoms with Crippen molar-refractivity contribution in [3.8, 4) is 0 Å². The van der Waals surface area contributed by atoms with E-state index in [0.717, 1.165) is 0 Å². The molecule has 0 aromatic heterocycles. The minimum absolute atomic E-state index is 0.0286. The molecule has 6 heteroatoms. The van der Waals surface area contributed by atoms with Gasteiger partial charge in [-0.1, -0.05) is 0 Å². The van der Waals surface area contributed by atoms with Gasteiger partial charge in [0.2, 0.25) is 0 Å². The lowest BCUT2D eigenvalue weighted by atomic mass is 9.68. The Balaban J connectivity index is 1.73. The summed E-state index contributed by atoms with van der Waals surface area (Å²) in [5.41, 5.74) is 0. The average Bonchev–Trinajstić information content (AvgIpc) is 2.43. The van der Waals surface area contributed by atoms with Crippen molar-refractivity contribution >= 4 is 5.78 Å². The average molecular weight is 300 g/mol. The molecular formula is C15H24O6. The molecule has 6 unspecified atom stereocenters. The van der Waals surface area contributed by atoms with Gasteiger partial charge in [0.05, 0.1) is 30.3 Å². The van der Waals surface area contributed by atoms with E-state index in [2.05, 4.69) is 0 Å². The molecular weight excluding hydrogens is 276 g/mol. The molecule has 1 aliphatic heterocycles. The molecule has 3 rings (SSSR count). The number of rotatable bonds is 1. The van der Waals surface area contributed by atoms with Crippen molar-refractivity contribution in [2.24, 2.45) is 17.8 Å². The number of carbonyl (C=O) groups is 1. The Hall–Kier alpha value is -0.530. The fourth-order valence-corrected chi connectivity index (χ4v) is 4.16. The fraction of sp³-hybridized carbons (Fsp3) is 0.933. The van der Waals surface area contributed by atoms with Gasteiger partial charge in [-0.05, 0) is 38.0 Å². The second kappa shape index (κ2) is 5.93. The first-order valence-electron chi connectivity index (χ1n) is 7.88. The van der Waals surface area contributed by atoms with Gasteiger partial charge >= 0.3 is 0 Å². The van der Waals surface area contributed by atoms with Gasteiger partial charge in [0.15, 0.2) is 6.29 Å². The van der Waals surface area contributed by atoms with E-state index in [1.165, 1.54) is 0 Å². The van der Waals surface area contributed by atoms with Gasteiger partial charge in [0, 0.05) is 12.3 Å². The molecule has 0 bridgehead atoms. The van der Waals surface area contributed by atoms with Crippen LogP contribution in [0.3, 0.4) is 0 Å². The van der Waals surface area contributed by atoms with Crippen molar-refractivity contribution in [3.63, 3.8) is 0 Å². The summed E-state index contributed by atoms with van der Waals surface area (Å²) in [6.07, 6.45) is -0.645. The van der Waals surface area contributed by atoms with Crippen molar-refractivity contribution in [1.29, 1.82) is 0 Å². The Bertz CT molecular complexity index is 392. The molecule has 1 saturated heterocycles. The summed E-state index contributed by atoms with van der Waals surface area (Å²) in [5, 5.41) is 39.2. The van der Waals surface area contributed by atoms with Crippen LogP contribution in [0.4, 0.5) is 0 Å². The molecule has 0 aromatic carbocycles. The first-order chi connectivity index (χ1) is 9.97. The van der Waals surface area contributed by atoms with E-state index in [-0.39, 0.29) is 30.6 Å². The Kier molecular flexibility index (Phi) is 4.34. The smallest absolute Gasteiger partial charge is 0.164 e. The maximum absolute atomic E-state index is 12.7. The maximum atomic E-state index is 12.7. The van der Waals surface area contributed by atoms with E-state index in [1.807, 2.05) is 0 Å². The maximum Gasteiger partial charge on any atom is 0.164 e. The van der Waals surface area contributed by atoms with Crippen LogP contribution in [0.25, 0.3) is 0 Å². The van der Waals surface area contributed by atoms with Gasteiger partial charge in [0.25, 0.3) is 0 Å². The third kappa shape index (κ3) is 2.87. The van der Waals surface area contributed by atoms with Crippen LogP contribution in [-0.4, -0.2) is 56.9 Å². The van der Waals surface area contributed by atoms with Crippen LogP contribution >= 0.6 is 0 Å². The highest BCUT2D eigenvalue weighted by atomic mass is 16.6. The van der Waals surface area contributed by atoms with Crippen LogP contribution in [0, 0.1) is 17.8 Å². The van der Waals surface area contributed by atoms with E-state index in [1.54, 1.807) is 0 Å². The molecule has 0 amide bonds. The summed E-state index contributed by atoms with van der Waals surface area (Å²) in [5.74, 6) is -1.03. The number of aliphatic hydroxyl groups excluding tert-OH is 4. The predicted octanol–water partition coefficient (Wildman–Crippen LogP) is -0.428. The molecule has 4 N–H and O–H groups in total. The Morgan fingerprint density at radius 2 is 1.52 bits per heavy atom. The standard InChI is InChI=1S/C15H24O6/c16-8-3-1-7(2-4-8)13-14(19)9-5-10(17)11(18)6-12(9)21-15(13)20/h7-13,15-18,20H,1-6H2. The normalized spacial score (nSPS) is 51.5. The summed E-state index contributed by atoms with van der Waals surface area (Å²) in [4.78, 5) is 12.7. The molecule has 6 nitrogen and oxygen atoms in total. The molecule has 3 fully saturated rings. The molecule has 0 radical (unpaired) electrons. The molecule has 21 heavy (non-hydrogen) atoms. The zero-order valence-corrected chi connectivity index (χ0v) is 12.0. The molecule has 120 valence electrons. The molecule has 1 heterocycles. The minimum Gasteiger partial charge on any atom is -0.393 e. The summed E-state index contributed by atoms with van der Waals surface area (Å²) in [7, 11) is 0. The van der Waals surface area contributed by atoms with Gasteiger partial charge < -0.3 is 25.2 Å². The Morgan fingerprint density at radius 3 is 2.19 bits per heavy atom. The molecule has 0 spiro atoms. The number of fused-ring (bicyclic) bond motifs is 1. The highest BCUT2D eigenvalue weighted by Gasteiger charge is 2.51. The van der Waals surface area contributed by atoms with E-state index in [0.29, 0.717) is 25.7 Å². The second-order valence-electron chi connectivity index (χ2n) is 6.77. The van der Waals surface area contributed by atoms with Gasteiger partial charge in [-0.15, -0.1) is 0 Å². The van der Waals surface area contributed by atoms with Crippen LogP contribution in [0.1, 0.15) is 38.5 Å². The van der Waals surface area contributed by atoms with Crippen LogP contribution < -0.4 is 0 Å². The number of hydrogen-bond donors (Lipinski definition) is 4. The highest BCUT2D eigenvalue weighted by Crippen LogP contribution is 2.42. The monoisotopic (exact) mass is 300 g/mol. The third-order valence-corrected chi connectivity index (χ3v) is 5.43. The summed E-state index contributed by atoms with van der Waals surface area (Å²) in [6.45, 7) is 0. The van der Waals surface area contributed by atoms with Gasteiger partial charge in [-0.2, -0.15) is 0 Å². The largest absolute Gasteiger partial charge is 0.393 e. The van der Waals surface area contributed by atoms with Crippen molar-refractivity contribution in [2.45, 2.75) is 69.2 Å². The summed E-state index contributed by atoms with van der Waals surface area (Å²) in [6, 6.07) is 0. The minimum atomic E-state index is -1.14. The quantitative estimate of drug-likeness (QED) is 0.523. The van der Waals surface area contributed by atoms with E-state index in [9.17, 15) is 25.2 Å². The zero-order chi connectivity index (χ0) is 15.1. The van der Waals surface area contributed by atoms with E-state index >= 15 is 0 Å². The van der Waals surface area contributed by atoms with Gasteiger partial charge in [0.1, 0.15) is 5.78 Å². The molecule has 0 aromatic rings. The van der Waals surface area contributed by atoms with Crippen LogP contribution in [0.2, 0.25) is 0 Å². The lowest BCUT2D eigenvalue weighted by Gasteiger charge is -2.46. The van der Waals surface area contributed by atoms with Crippen molar-refractivity contribution in [3.05, 3.63) is 0 Å². The predicted molar refractivity (Wildman–Crippen MR) is 72.1 cm³/mol. The highest BCUT2D eigenvalue weighted by molar-refractivity contribution is 5.85. The lowest BCUT2D eigenvalue weighted by molar-refractivity contribution is -0.236. The second-order valence-corrected chi connectivity index (χ2v) is 6.77. The lowest BCUT2D eigenvalue weighted by Crippen LogP contribution is -2.56. The molecule has 2 saturated carbocycles. The third-order valence-electron chi connectivity index (χ3n) is 5.43. The number of aliphatic hydroxyl groups is 4. The van der Waals surface area contributed by atoms with E-state index in [4.69, 9.17) is 4.74 Å². The number of Topliss-reactive ketones (excluding diaryl/α,β-unsaturated/α-hetero) is 1. The summed E-state index contributed by atoms with van der Waals surface area (Å²) < 4.78 is 5.57. The number of ketones is 1. The summed E-state index contributed by atoms with van der Waals surface area (Å²) >= 11 is 0. The number of carbonyl (C=O) groups excluding carboxylic acids is 1. The van der Waals surface area contributed by atoms with Crippen molar-refractivity contribution in [1.82, 2.24) is 0 Å². The molecule has 2 aliphatic carbocycles. The van der Waals surface area contributed by atoms with Crippen LogP contribution in [0.5, 0.6) is 0 Å². The topological polar surface area (TPSA) is 107 Å². The van der Waals surface area contributed by atoms with E-state index < -0.39 is 36.4 Å².